The van der Waals surface area contributed by atoms with E-state index < -0.39 is 5.79 Å². The normalized spacial score (nSPS) is 22.0. The summed E-state index contributed by atoms with van der Waals surface area (Å²) in [5.41, 5.74) is 2.71. The highest BCUT2D eigenvalue weighted by molar-refractivity contribution is 5.97. The molecule has 0 N–H and O–H groups in total. The minimum Gasteiger partial charge on any atom is -0.347 e. The molecule has 3 aliphatic heterocycles. The molecule has 0 aliphatic carbocycles. The van der Waals surface area contributed by atoms with Crippen molar-refractivity contribution >= 4 is 17.5 Å². The van der Waals surface area contributed by atoms with Gasteiger partial charge < -0.3 is 19.3 Å². The summed E-state index contributed by atoms with van der Waals surface area (Å²) in [5.74, 6) is -0.367. The number of nitrogens with zero attached hydrogens (tertiary/aromatic N) is 2. The van der Waals surface area contributed by atoms with Crippen molar-refractivity contribution in [2.75, 3.05) is 37.7 Å². The molecule has 0 saturated carbocycles. The first-order chi connectivity index (χ1) is 11.6. The number of amides is 2. The summed E-state index contributed by atoms with van der Waals surface area (Å²) >= 11 is 0. The number of hydrogen-bond acceptors (Lipinski definition) is 4. The number of anilines is 1. The second kappa shape index (κ2) is 5.86. The van der Waals surface area contributed by atoms with Crippen LogP contribution in [0.1, 0.15) is 35.7 Å². The topological polar surface area (TPSA) is 59.1 Å². The highest BCUT2D eigenvalue weighted by Gasteiger charge is 2.41. The number of piperidine rings is 1. The summed E-state index contributed by atoms with van der Waals surface area (Å²) in [4.78, 5) is 28.0. The predicted molar refractivity (Wildman–Crippen MR) is 87.9 cm³/mol. The fraction of sp³-hybridized carbons (Fsp3) is 0.556. The van der Waals surface area contributed by atoms with E-state index in [9.17, 15) is 9.59 Å². The Morgan fingerprint density at radius 2 is 1.79 bits per heavy atom. The van der Waals surface area contributed by atoms with E-state index in [1.54, 1.807) is 11.8 Å². The fourth-order valence-electron chi connectivity index (χ4n) is 3.88. The van der Waals surface area contributed by atoms with E-state index in [0.29, 0.717) is 38.4 Å². The molecule has 0 radical (unpaired) electrons. The molecule has 0 bridgehead atoms. The summed E-state index contributed by atoms with van der Waals surface area (Å²) in [6, 6.07) is 5.66. The van der Waals surface area contributed by atoms with Crippen LogP contribution in [0.15, 0.2) is 18.2 Å². The number of hydrogen-bond donors (Lipinski definition) is 0. The van der Waals surface area contributed by atoms with E-state index in [4.69, 9.17) is 9.47 Å². The second-order valence-corrected chi connectivity index (χ2v) is 6.66. The second-order valence-electron chi connectivity index (χ2n) is 6.66. The van der Waals surface area contributed by atoms with Gasteiger partial charge in [0.15, 0.2) is 5.79 Å². The van der Waals surface area contributed by atoms with Gasteiger partial charge >= 0.3 is 0 Å². The summed E-state index contributed by atoms with van der Waals surface area (Å²) in [7, 11) is 0. The number of likely N-dealkylation sites (tertiary alicyclic amines) is 1. The lowest BCUT2D eigenvalue weighted by Gasteiger charge is -2.37. The number of carbonyl (C=O) groups excluding carboxylic acids is 2. The number of rotatable bonds is 1. The van der Waals surface area contributed by atoms with Gasteiger partial charge in [-0.1, -0.05) is 0 Å². The first-order valence-electron chi connectivity index (χ1n) is 8.56. The van der Waals surface area contributed by atoms with E-state index in [0.717, 1.165) is 30.5 Å². The Labute approximate surface area is 141 Å². The van der Waals surface area contributed by atoms with Crippen LogP contribution in [0.4, 0.5) is 5.69 Å². The molecule has 128 valence electrons. The van der Waals surface area contributed by atoms with Crippen molar-refractivity contribution in [3.8, 4) is 0 Å². The number of ether oxygens (including phenoxy) is 2. The van der Waals surface area contributed by atoms with Crippen LogP contribution in [0.2, 0.25) is 0 Å². The Morgan fingerprint density at radius 3 is 2.46 bits per heavy atom. The van der Waals surface area contributed by atoms with Crippen molar-refractivity contribution in [1.82, 2.24) is 4.90 Å². The molecule has 24 heavy (non-hydrogen) atoms. The van der Waals surface area contributed by atoms with Crippen LogP contribution in [0.3, 0.4) is 0 Å². The molecule has 4 rings (SSSR count). The zero-order chi connectivity index (χ0) is 16.7. The predicted octanol–water partition coefficient (Wildman–Crippen LogP) is 1.57. The molecule has 0 atom stereocenters. The maximum atomic E-state index is 12.8. The fourth-order valence-corrected chi connectivity index (χ4v) is 3.88. The van der Waals surface area contributed by atoms with Gasteiger partial charge in [0, 0.05) is 50.7 Å². The van der Waals surface area contributed by atoms with Crippen LogP contribution in [0.25, 0.3) is 0 Å². The molecule has 2 fully saturated rings. The minimum absolute atomic E-state index is 0.0470. The SMILES string of the molecule is CC(=O)N1CCc2cc(C(=O)N3CCC4(CC3)OCCO4)ccc21. The van der Waals surface area contributed by atoms with Crippen molar-refractivity contribution in [2.45, 2.75) is 32.0 Å². The Bertz CT molecular complexity index is 672. The van der Waals surface area contributed by atoms with E-state index in [1.807, 2.05) is 23.1 Å². The zero-order valence-corrected chi connectivity index (χ0v) is 13.9. The number of carbonyl (C=O) groups is 2. The lowest BCUT2D eigenvalue weighted by Crippen LogP contribution is -2.47. The molecule has 1 aromatic rings. The highest BCUT2D eigenvalue weighted by atomic mass is 16.7. The van der Waals surface area contributed by atoms with Gasteiger partial charge in [0.1, 0.15) is 0 Å². The lowest BCUT2D eigenvalue weighted by molar-refractivity contribution is -0.181. The average molecular weight is 330 g/mol. The zero-order valence-electron chi connectivity index (χ0n) is 13.9. The van der Waals surface area contributed by atoms with E-state index in [-0.39, 0.29) is 11.8 Å². The van der Waals surface area contributed by atoms with Crippen LogP contribution < -0.4 is 4.90 Å². The quantitative estimate of drug-likeness (QED) is 0.784. The van der Waals surface area contributed by atoms with Crippen LogP contribution >= 0.6 is 0 Å². The average Bonchev–Trinajstić information content (AvgIpc) is 3.21. The molecule has 2 amide bonds. The Morgan fingerprint density at radius 1 is 1.08 bits per heavy atom. The number of benzene rings is 1. The largest absolute Gasteiger partial charge is 0.347 e. The number of fused-ring (bicyclic) bond motifs is 1. The first kappa shape index (κ1) is 15.6. The van der Waals surface area contributed by atoms with Crippen molar-refractivity contribution in [3.05, 3.63) is 29.3 Å². The maximum absolute atomic E-state index is 12.8. The van der Waals surface area contributed by atoms with Crippen LogP contribution in [-0.2, 0) is 20.7 Å². The Balaban J connectivity index is 1.47. The van der Waals surface area contributed by atoms with Gasteiger partial charge in [-0.2, -0.15) is 0 Å². The van der Waals surface area contributed by atoms with Gasteiger partial charge in [-0.15, -0.1) is 0 Å². The third-order valence-corrected chi connectivity index (χ3v) is 5.23. The molecule has 2 saturated heterocycles. The monoisotopic (exact) mass is 330 g/mol. The van der Waals surface area contributed by atoms with Crippen molar-refractivity contribution < 1.29 is 19.1 Å². The van der Waals surface area contributed by atoms with Crippen molar-refractivity contribution in [2.24, 2.45) is 0 Å². The standard InChI is InChI=1S/C18H22N2O4/c1-13(21)20-7-4-14-12-15(2-3-16(14)20)17(22)19-8-5-18(6-9-19)23-10-11-24-18/h2-3,12H,4-11H2,1H3. The van der Waals surface area contributed by atoms with Crippen molar-refractivity contribution in [1.29, 1.82) is 0 Å². The molecule has 6 nitrogen and oxygen atoms in total. The third-order valence-electron chi connectivity index (χ3n) is 5.23. The molecule has 3 aliphatic rings. The van der Waals surface area contributed by atoms with Gasteiger partial charge in [0.05, 0.1) is 13.2 Å². The van der Waals surface area contributed by atoms with Gasteiger partial charge in [0.25, 0.3) is 5.91 Å². The Hall–Kier alpha value is -1.92. The lowest BCUT2D eigenvalue weighted by atomic mass is 10.0. The third kappa shape index (κ3) is 2.59. The molecule has 0 unspecified atom stereocenters. The molecule has 3 heterocycles. The Kier molecular flexibility index (Phi) is 3.81. The molecular weight excluding hydrogens is 308 g/mol. The summed E-state index contributed by atoms with van der Waals surface area (Å²) in [6.07, 6.45) is 2.25. The van der Waals surface area contributed by atoms with E-state index in [2.05, 4.69) is 0 Å². The first-order valence-corrected chi connectivity index (χ1v) is 8.56. The molecule has 1 aromatic carbocycles. The summed E-state index contributed by atoms with van der Waals surface area (Å²) in [5, 5.41) is 0. The van der Waals surface area contributed by atoms with Crippen molar-refractivity contribution in [3.63, 3.8) is 0 Å². The minimum atomic E-state index is -0.462. The molecule has 6 heteroatoms. The summed E-state index contributed by atoms with van der Waals surface area (Å²) < 4.78 is 11.4. The van der Waals surface area contributed by atoms with Gasteiger partial charge in [-0.05, 0) is 30.2 Å². The summed E-state index contributed by atoms with van der Waals surface area (Å²) in [6.45, 7) is 4.86. The van der Waals surface area contributed by atoms with Gasteiger partial charge in [-0.3, -0.25) is 9.59 Å². The smallest absolute Gasteiger partial charge is 0.253 e. The molecule has 1 spiro atoms. The van der Waals surface area contributed by atoms with E-state index >= 15 is 0 Å². The van der Waals surface area contributed by atoms with Gasteiger partial charge in [0.2, 0.25) is 5.91 Å². The van der Waals surface area contributed by atoms with Gasteiger partial charge in [-0.25, -0.2) is 0 Å². The van der Waals surface area contributed by atoms with Crippen LogP contribution in [0.5, 0.6) is 0 Å². The van der Waals surface area contributed by atoms with Crippen LogP contribution in [-0.4, -0.2) is 55.3 Å². The molecular formula is C18H22N2O4. The van der Waals surface area contributed by atoms with E-state index in [1.165, 1.54) is 0 Å². The highest BCUT2D eigenvalue weighted by Crippen LogP contribution is 2.33. The maximum Gasteiger partial charge on any atom is 0.253 e. The molecule has 0 aromatic heterocycles. The van der Waals surface area contributed by atoms with Crippen LogP contribution in [0, 0.1) is 0 Å².